The first-order valence-electron chi connectivity index (χ1n) is 4.58. The number of carbonyl (C=O) groups is 1. The summed E-state index contributed by atoms with van der Waals surface area (Å²) in [6.45, 7) is 3.06. The Morgan fingerprint density at radius 2 is 2.46 bits per heavy atom. The Labute approximate surface area is 77.0 Å². The normalized spacial score (nSPS) is 14.5. The molecule has 3 heteroatoms. The maximum Gasteiger partial charge on any atom is 0.307 e. The van der Waals surface area contributed by atoms with Crippen molar-refractivity contribution in [3.05, 3.63) is 23.0 Å². The third-order valence-corrected chi connectivity index (χ3v) is 2.71. The molecule has 0 saturated carbocycles. The van der Waals surface area contributed by atoms with Crippen molar-refractivity contribution in [3.63, 3.8) is 0 Å². The standard InChI is InChI=1S/C10H13NO2/c1-7-8(6-10(12)13)5-9-3-2-4-11(7)9/h5H,2-4,6H2,1H3,(H,12,13). The summed E-state index contributed by atoms with van der Waals surface area (Å²) in [6, 6.07) is 2.04. The molecule has 1 N–H and O–H groups in total. The molecule has 2 heterocycles. The zero-order chi connectivity index (χ0) is 9.42. The number of nitrogens with zero attached hydrogens (tertiary/aromatic N) is 1. The predicted molar refractivity (Wildman–Crippen MR) is 48.8 cm³/mol. The molecule has 70 valence electrons. The van der Waals surface area contributed by atoms with Crippen LogP contribution in [0.3, 0.4) is 0 Å². The highest BCUT2D eigenvalue weighted by molar-refractivity contribution is 5.70. The molecule has 0 aromatic carbocycles. The zero-order valence-electron chi connectivity index (χ0n) is 7.71. The summed E-state index contributed by atoms with van der Waals surface area (Å²) in [5.74, 6) is -0.743. The van der Waals surface area contributed by atoms with Crippen LogP contribution in [0.5, 0.6) is 0 Å². The maximum absolute atomic E-state index is 10.5. The van der Waals surface area contributed by atoms with Crippen molar-refractivity contribution >= 4 is 5.97 Å². The zero-order valence-corrected chi connectivity index (χ0v) is 7.71. The van der Waals surface area contributed by atoms with Gasteiger partial charge in [-0.2, -0.15) is 0 Å². The molecule has 0 fully saturated rings. The van der Waals surface area contributed by atoms with Gasteiger partial charge in [0.1, 0.15) is 0 Å². The van der Waals surface area contributed by atoms with Gasteiger partial charge in [-0.05, 0) is 31.4 Å². The van der Waals surface area contributed by atoms with Gasteiger partial charge in [-0.3, -0.25) is 4.79 Å². The van der Waals surface area contributed by atoms with Crippen LogP contribution in [-0.4, -0.2) is 15.6 Å². The second-order valence-electron chi connectivity index (χ2n) is 3.57. The Morgan fingerprint density at radius 1 is 1.69 bits per heavy atom. The molecule has 0 atom stereocenters. The van der Waals surface area contributed by atoms with E-state index in [1.54, 1.807) is 0 Å². The predicted octanol–water partition coefficient (Wildman–Crippen LogP) is 1.37. The van der Waals surface area contributed by atoms with Crippen molar-refractivity contribution in [1.29, 1.82) is 0 Å². The molecular weight excluding hydrogens is 166 g/mol. The summed E-state index contributed by atoms with van der Waals surface area (Å²) in [6.07, 6.45) is 2.45. The fourth-order valence-corrected chi connectivity index (χ4v) is 2.05. The molecule has 1 aromatic heterocycles. The molecule has 1 aliphatic heterocycles. The van der Waals surface area contributed by atoms with Crippen LogP contribution in [0.4, 0.5) is 0 Å². The third kappa shape index (κ3) is 1.34. The summed E-state index contributed by atoms with van der Waals surface area (Å²) < 4.78 is 2.23. The fourth-order valence-electron chi connectivity index (χ4n) is 2.05. The lowest BCUT2D eigenvalue weighted by atomic mass is 10.1. The van der Waals surface area contributed by atoms with Crippen molar-refractivity contribution in [2.45, 2.75) is 32.7 Å². The Kier molecular flexibility index (Phi) is 1.87. The van der Waals surface area contributed by atoms with Crippen LogP contribution in [0, 0.1) is 6.92 Å². The minimum Gasteiger partial charge on any atom is -0.481 e. The van der Waals surface area contributed by atoms with Crippen molar-refractivity contribution < 1.29 is 9.90 Å². The van der Waals surface area contributed by atoms with Gasteiger partial charge >= 0.3 is 5.97 Å². The van der Waals surface area contributed by atoms with Gasteiger partial charge in [-0.1, -0.05) is 0 Å². The molecule has 0 saturated heterocycles. The lowest BCUT2D eigenvalue weighted by Gasteiger charge is -2.01. The van der Waals surface area contributed by atoms with E-state index < -0.39 is 5.97 Å². The first-order valence-corrected chi connectivity index (χ1v) is 4.58. The van der Waals surface area contributed by atoms with Gasteiger partial charge in [0.05, 0.1) is 6.42 Å². The topological polar surface area (TPSA) is 42.2 Å². The average Bonchev–Trinajstić information content (AvgIpc) is 2.56. The number of aryl methyl sites for hydroxylation is 1. The molecule has 1 aliphatic rings. The average molecular weight is 179 g/mol. The number of carboxylic acid groups (broad SMARTS) is 1. The van der Waals surface area contributed by atoms with Crippen molar-refractivity contribution in [1.82, 2.24) is 4.57 Å². The summed E-state index contributed by atoms with van der Waals surface area (Å²) >= 11 is 0. The van der Waals surface area contributed by atoms with E-state index >= 15 is 0 Å². The van der Waals surface area contributed by atoms with E-state index in [1.807, 2.05) is 13.0 Å². The first-order chi connectivity index (χ1) is 6.18. The number of aromatic nitrogens is 1. The van der Waals surface area contributed by atoms with E-state index in [2.05, 4.69) is 4.57 Å². The van der Waals surface area contributed by atoms with E-state index in [9.17, 15) is 4.79 Å². The van der Waals surface area contributed by atoms with Crippen LogP contribution < -0.4 is 0 Å². The highest BCUT2D eigenvalue weighted by Gasteiger charge is 2.17. The van der Waals surface area contributed by atoms with Gasteiger partial charge < -0.3 is 9.67 Å². The summed E-state index contributed by atoms with van der Waals surface area (Å²) in [5, 5.41) is 8.67. The Morgan fingerprint density at radius 3 is 3.08 bits per heavy atom. The van der Waals surface area contributed by atoms with Crippen LogP contribution in [0.15, 0.2) is 6.07 Å². The minimum atomic E-state index is -0.743. The van der Waals surface area contributed by atoms with Crippen LogP contribution >= 0.6 is 0 Å². The third-order valence-electron chi connectivity index (χ3n) is 2.71. The van der Waals surface area contributed by atoms with Gasteiger partial charge in [0.2, 0.25) is 0 Å². The van der Waals surface area contributed by atoms with Gasteiger partial charge in [0.25, 0.3) is 0 Å². The molecule has 0 bridgehead atoms. The van der Waals surface area contributed by atoms with Crippen molar-refractivity contribution in [3.8, 4) is 0 Å². The summed E-state index contributed by atoms with van der Waals surface area (Å²) in [5.41, 5.74) is 3.41. The highest BCUT2D eigenvalue weighted by Crippen LogP contribution is 2.23. The van der Waals surface area contributed by atoms with E-state index in [0.29, 0.717) is 0 Å². The SMILES string of the molecule is Cc1c(CC(=O)O)cc2n1CCC2. The highest BCUT2D eigenvalue weighted by atomic mass is 16.4. The molecule has 13 heavy (non-hydrogen) atoms. The van der Waals surface area contributed by atoms with Gasteiger partial charge in [0, 0.05) is 17.9 Å². The number of hydrogen-bond donors (Lipinski definition) is 1. The van der Waals surface area contributed by atoms with E-state index in [1.165, 1.54) is 12.1 Å². The molecule has 0 amide bonds. The number of fused-ring (bicyclic) bond motifs is 1. The molecule has 1 aromatic rings. The van der Waals surface area contributed by atoms with Crippen molar-refractivity contribution in [2.75, 3.05) is 0 Å². The lowest BCUT2D eigenvalue weighted by Crippen LogP contribution is -2.02. The number of carboxylic acids is 1. The summed E-state index contributed by atoms with van der Waals surface area (Å²) in [4.78, 5) is 10.5. The maximum atomic E-state index is 10.5. The van der Waals surface area contributed by atoms with E-state index in [0.717, 1.165) is 24.2 Å². The van der Waals surface area contributed by atoms with Crippen LogP contribution in [0.2, 0.25) is 0 Å². The minimum absolute atomic E-state index is 0.159. The van der Waals surface area contributed by atoms with Gasteiger partial charge in [-0.15, -0.1) is 0 Å². The molecule has 0 spiro atoms. The van der Waals surface area contributed by atoms with Crippen LogP contribution in [0.1, 0.15) is 23.4 Å². The van der Waals surface area contributed by atoms with Crippen LogP contribution in [0.25, 0.3) is 0 Å². The monoisotopic (exact) mass is 179 g/mol. The number of aliphatic carboxylic acids is 1. The van der Waals surface area contributed by atoms with Gasteiger partial charge in [-0.25, -0.2) is 0 Å². The fraction of sp³-hybridized carbons (Fsp3) is 0.500. The molecule has 0 unspecified atom stereocenters. The second-order valence-corrected chi connectivity index (χ2v) is 3.57. The molecule has 0 radical (unpaired) electrons. The van der Waals surface area contributed by atoms with E-state index in [-0.39, 0.29) is 6.42 Å². The molecule has 3 nitrogen and oxygen atoms in total. The molecule has 0 aliphatic carbocycles. The quantitative estimate of drug-likeness (QED) is 0.745. The Hall–Kier alpha value is -1.25. The largest absolute Gasteiger partial charge is 0.481 e. The first kappa shape index (κ1) is 8.35. The second kappa shape index (κ2) is 2.91. The molecule has 2 rings (SSSR count). The number of hydrogen-bond acceptors (Lipinski definition) is 1. The summed E-state index contributed by atoms with van der Waals surface area (Å²) in [7, 11) is 0. The smallest absolute Gasteiger partial charge is 0.307 e. The van der Waals surface area contributed by atoms with Gasteiger partial charge in [0.15, 0.2) is 0 Å². The van der Waals surface area contributed by atoms with Crippen LogP contribution in [-0.2, 0) is 24.2 Å². The Bertz CT molecular complexity index is 352. The Balaban J connectivity index is 2.33. The number of rotatable bonds is 2. The van der Waals surface area contributed by atoms with E-state index in [4.69, 9.17) is 5.11 Å². The lowest BCUT2D eigenvalue weighted by molar-refractivity contribution is -0.136. The van der Waals surface area contributed by atoms with Crippen molar-refractivity contribution in [2.24, 2.45) is 0 Å². The molecular formula is C10H13NO2.